The topological polar surface area (TPSA) is 68.8 Å². The smallest absolute Gasteiger partial charge is 0.272 e. The third-order valence-corrected chi connectivity index (χ3v) is 5.95. The summed E-state index contributed by atoms with van der Waals surface area (Å²) in [5.74, 6) is -0.165. The summed E-state index contributed by atoms with van der Waals surface area (Å²) in [5, 5.41) is 0.431. The molecule has 0 saturated carbocycles. The third kappa shape index (κ3) is 3.13. The van der Waals surface area contributed by atoms with Gasteiger partial charge in [0.2, 0.25) is 0 Å². The van der Waals surface area contributed by atoms with Gasteiger partial charge < -0.3 is 14.2 Å². The first-order chi connectivity index (χ1) is 14.9. The van der Waals surface area contributed by atoms with Gasteiger partial charge in [-0.2, -0.15) is 0 Å². The summed E-state index contributed by atoms with van der Waals surface area (Å²) in [7, 11) is 0. The monoisotopic (exact) mass is 416 g/mol. The molecule has 7 heteroatoms. The molecule has 4 aromatic rings. The Balaban J connectivity index is 1.77. The van der Waals surface area contributed by atoms with E-state index < -0.39 is 5.54 Å². The van der Waals surface area contributed by atoms with Crippen molar-refractivity contribution in [1.82, 2.24) is 18.9 Å². The lowest BCUT2D eigenvalue weighted by Crippen LogP contribution is -2.44. The Bertz CT molecular complexity index is 1370. The number of hydrogen-bond donors (Lipinski definition) is 0. The molecule has 1 amide bonds. The fraction of sp³-hybridized carbons (Fsp3) is 0.292. The van der Waals surface area contributed by atoms with Gasteiger partial charge in [-0.1, -0.05) is 36.4 Å². The lowest BCUT2D eigenvalue weighted by molar-refractivity contribution is 0.0595. The molecule has 0 aliphatic carbocycles. The number of hydrogen-bond acceptors (Lipinski definition) is 4. The zero-order valence-electron chi connectivity index (χ0n) is 17.8. The largest absolute Gasteiger partial charge is 0.359 e. The molecule has 0 N–H and O–H groups in total. The minimum absolute atomic E-state index is 0.165. The molecule has 0 unspecified atom stereocenters. The Morgan fingerprint density at radius 3 is 2.61 bits per heavy atom. The molecule has 31 heavy (non-hydrogen) atoms. The van der Waals surface area contributed by atoms with E-state index in [0.717, 1.165) is 11.1 Å². The number of benzene rings is 1. The second-order valence-corrected chi connectivity index (χ2v) is 8.66. The highest BCUT2D eigenvalue weighted by Crippen LogP contribution is 2.27. The van der Waals surface area contributed by atoms with Gasteiger partial charge in [-0.25, -0.2) is 4.98 Å². The Labute approximate surface area is 179 Å². The summed E-state index contributed by atoms with van der Waals surface area (Å²) in [6.45, 7) is 7.02. The molecule has 7 nitrogen and oxygen atoms in total. The van der Waals surface area contributed by atoms with Crippen LogP contribution in [0.4, 0.5) is 0 Å². The van der Waals surface area contributed by atoms with E-state index in [0.29, 0.717) is 35.5 Å². The van der Waals surface area contributed by atoms with Crippen molar-refractivity contribution < 1.29 is 9.53 Å². The van der Waals surface area contributed by atoms with Gasteiger partial charge in [-0.3, -0.25) is 14.0 Å². The van der Waals surface area contributed by atoms with Gasteiger partial charge in [0, 0.05) is 12.7 Å². The van der Waals surface area contributed by atoms with Crippen molar-refractivity contribution >= 4 is 22.6 Å². The number of nitrogens with zero attached hydrogens (tertiary/aromatic N) is 4. The molecule has 0 atom stereocenters. The molecular weight excluding hydrogens is 392 g/mol. The number of carbonyl (C=O) groups excluding carboxylic acids is 1. The van der Waals surface area contributed by atoms with Crippen LogP contribution in [0, 0.1) is 6.92 Å². The first-order valence-corrected chi connectivity index (χ1v) is 10.3. The second-order valence-electron chi connectivity index (χ2n) is 8.66. The van der Waals surface area contributed by atoms with E-state index in [4.69, 9.17) is 9.72 Å². The molecule has 0 bridgehead atoms. The van der Waals surface area contributed by atoms with Crippen molar-refractivity contribution in [3.63, 3.8) is 0 Å². The average Bonchev–Trinajstić information content (AvgIpc) is 3.29. The molecule has 1 aliphatic heterocycles. The van der Waals surface area contributed by atoms with Crippen molar-refractivity contribution in [2.24, 2.45) is 0 Å². The lowest BCUT2D eigenvalue weighted by Gasteiger charge is -2.29. The number of amides is 1. The average molecular weight is 416 g/mol. The van der Waals surface area contributed by atoms with E-state index >= 15 is 0 Å². The lowest BCUT2D eigenvalue weighted by atomic mass is 10.1. The van der Waals surface area contributed by atoms with Crippen LogP contribution in [0.15, 0.2) is 59.5 Å². The summed E-state index contributed by atoms with van der Waals surface area (Å²) < 4.78 is 8.96. The number of aryl methyl sites for hydroxylation is 1. The van der Waals surface area contributed by atoms with Crippen LogP contribution in [0.5, 0.6) is 0 Å². The minimum Gasteiger partial charge on any atom is -0.359 e. The molecule has 5 rings (SSSR count). The number of pyridine rings is 1. The van der Waals surface area contributed by atoms with Crippen LogP contribution < -0.4 is 5.56 Å². The fourth-order valence-corrected chi connectivity index (χ4v) is 4.18. The van der Waals surface area contributed by atoms with Gasteiger partial charge >= 0.3 is 0 Å². The molecule has 158 valence electrons. The summed E-state index contributed by atoms with van der Waals surface area (Å²) in [6.07, 6.45) is 1.71. The van der Waals surface area contributed by atoms with Crippen LogP contribution in [0.2, 0.25) is 0 Å². The van der Waals surface area contributed by atoms with Gasteiger partial charge in [0.15, 0.2) is 0 Å². The summed E-state index contributed by atoms with van der Waals surface area (Å²) >= 11 is 0. The van der Waals surface area contributed by atoms with Crippen molar-refractivity contribution in [3.8, 4) is 0 Å². The number of carbonyl (C=O) groups is 1. The highest BCUT2D eigenvalue weighted by atomic mass is 16.5. The molecular formula is C24H24N4O3. The predicted molar refractivity (Wildman–Crippen MR) is 118 cm³/mol. The first-order valence-electron chi connectivity index (χ1n) is 10.3. The van der Waals surface area contributed by atoms with E-state index in [1.54, 1.807) is 21.6 Å². The number of rotatable bonds is 3. The highest BCUT2D eigenvalue weighted by Gasteiger charge is 2.38. The quantitative estimate of drug-likeness (QED) is 0.514. The Hall–Kier alpha value is -3.45. The number of aromatic nitrogens is 3. The standard InChI is InChI=1S/C24H24N4O3/c1-16-8-7-11-26-20(16)25-21-18(22(26)29)12-19(23(30)28-15-31-14-24(28,2)3)27(21)13-17-9-5-4-6-10-17/h4-12H,13-15H2,1-3H3. The van der Waals surface area contributed by atoms with E-state index in [9.17, 15) is 9.59 Å². The van der Waals surface area contributed by atoms with Gasteiger partial charge in [-0.05, 0) is 44.0 Å². The first kappa shape index (κ1) is 19.5. The van der Waals surface area contributed by atoms with Gasteiger partial charge in [0.25, 0.3) is 11.5 Å². The Morgan fingerprint density at radius 1 is 1.13 bits per heavy atom. The molecule has 4 heterocycles. The molecule has 1 fully saturated rings. The zero-order chi connectivity index (χ0) is 21.8. The summed E-state index contributed by atoms with van der Waals surface area (Å²) in [5.41, 5.74) is 2.88. The zero-order valence-corrected chi connectivity index (χ0v) is 17.8. The molecule has 1 aliphatic rings. The Morgan fingerprint density at radius 2 is 1.90 bits per heavy atom. The van der Waals surface area contributed by atoms with E-state index in [-0.39, 0.29) is 18.2 Å². The molecule has 1 saturated heterocycles. The number of ether oxygens (including phenoxy) is 1. The summed E-state index contributed by atoms with van der Waals surface area (Å²) in [6, 6.07) is 15.3. The molecule has 0 radical (unpaired) electrons. The normalized spacial score (nSPS) is 15.8. The second kappa shape index (κ2) is 7.06. The fourth-order valence-electron chi connectivity index (χ4n) is 4.18. The van der Waals surface area contributed by atoms with Crippen molar-refractivity contribution in [2.75, 3.05) is 13.3 Å². The van der Waals surface area contributed by atoms with Gasteiger partial charge in [-0.15, -0.1) is 0 Å². The molecule has 0 spiro atoms. The maximum absolute atomic E-state index is 13.6. The van der Waals surface area contributed by atoms with Crippen LogP contribution >= 0.6 is 0 Å². The van der Waals surface area contributed by atoms with Gasteiger partial charge in [0.1, 0.15) is 23.7 Å². The minimum atomic E-state index is -0.422. The summed E-state index contributed by atoms with van der Waals surface area (Å²) in [4.78, 5) is 33.4. The number of fused-ring (bicyclic) bond motifs is 2. The SMILES string of the molecule is Cc1cccn2c(=O)c3cc(C(=O)N4COCC4(C)C)n(Cc4ccccc4)c3nc12. The van der Waals surface area contributed by atoms with Crippen molar-refractivity contribution in [3.05, 3.63) is 81.9 Å². The maximum Gasteiger partial charge on any atom is 0.272 e. The highest BCUT2D eigenvalue weighted by molar-refractivity contribution is 5.98. The van der Waals surface area contributed by atoms with Crippen LogP contribution in [0.3, 0.4) is 0 Å². The van der Waals surface area contributed by atoms with Gasteiger partial charge in [0.05, 0.1) is 17.5 Å². The van der Waals surface area contributed by atoms with Crippen LogP contribution in [-0.4, -0.2) is 43.6 Å². The van der Waals surface area contributed by atoms with Crippen LogP contribution in [0.1, 0.15) is 35.5 Å². The molecule has 3 aromatic heterocycles. The van der Waals surface area contributed by atoms with Crippen molar-refractivity contribution in [2.45, 2.75) is 32.9 Å². The van der Waals surface area contributed by atoms with E-state index in [1.807, 2.05) is 67.8 Å². The van der Waals surface area contributed by atoms with Crippen LogP contribution in [-0.2, 0) is 11.3 Å². The Kier molecular flexibility index (Phi) is 4.44. The van der Waals surface area contributed by atoms with E-state index in [2.05, 4.69) is 0 Å². The third-order valence-electron chi connectivity index (χ3n) is 5.95. The maximum atomic E-state index is 13.6. The van der Waals surface area contributed by atoms with Crippen molar-refractivity contribution in [1.29, 1.82) is 0 Å². The predicted octanol–water partition coefficient (Wildman–Crippen LogP) is 3.21. The van der Waals surface area contributed by atoms with E-state index in [1.165, 1.54) is 0 Å². The van der Waals surface area contributed by atoms with Crippen LogP contribution in [0.25, 0.3) is 16.7 Å². The molecule has 1 aromatic carbocycles.